The molecule has 0 radical (unpaired) electrons. The molecule has 0 aliphatic heterocycles. The number of carboxylic acids is 1. The first-order chi connectivity index (χ1) is 11.5. The highest BCUT2D eigenvalue weighted by Gasteiger charge is 2.16. The predicted molar refractivity (Wildman–Crippen MR) is 87.5 cm³/mol. The lowest BCUT2D eigenvalue weighted by Gasteiger charge is -2.10. The van der Waals surface area contributed by atoms with Gasteiger partial charge in [-0.25, -0.2) is 4.79 Å². The fraction of sp³-hybridized carbons (Fsp3) is 0.105. The second-order valence-corrected chi connectivity index (χ2v) is 5.10. The molecule has 0 saturated heterocycles. The van der Waals surface area contributed by atoms with Crippen LogP contribution in [0, 0.1) is 0 Å². The summed E-state index contributed by atoms with van der Waals surface area (Å²) in [6.07, 6.45) is -0.483. The van der Waals surface area contributed by atoms with Gasteiger partial charge in [-0.1, -0.05) is 61.2 Å². The van der Waals surface area contributed by atoms with Gasteiger partial charge in [-0.2, -0.15) is 0 Å². The number of benzene rings is 2. The Morgan fingerprint density at radius 3 is 2.25 bits per heavy atom. The van der Waals surface area contributed by atoms with Gasteiger partial charge in [-0.3, -0.25) is 9.59 Å². The molecule has 122 valence electrons. The summed E-state index contributed by atoms with van der Waals surface area (Å²) in [7, 11) is 0. The second kappa shape index (κ2) is 7.87. The van der Waals surface area contributed by atoms with Crippen LogP contribution in [-0.2, 0) is 20.9 Å². The molecule has 2 aromatic rings. The maximum atomic E-state index is 12.6. The largest absolute Gasteiger partial charge is 0.481 e. The monoisotopic (exact) mass is 324 g/mol. The van der Waals surface area contributed by atoms with Crippen LogP contribution in [0.15, 0.2) is 66.7 Å². The van der Waals surface area contributed by atoms with Crippen molar-refractivity contribution in [3.8, 4) is 0 Å². The first kappa shape index (κ1) is 17.1. The Hall–Kier alpha value is -3.21. The molecular weight excluding hydrogens is 308 g/mol. The summed E-state index contributed by atoms with van der Waals surface area (Å²) >= 11 is 0. The van der Waals surface area contributed by atoms with E-state index in [0.717, 1.165) is 0 Å². The topological polar surface area (TPSA) is 80.7 Å². The number of carbonyl (C=O) groups excluding carboxylic acids is 2. The van der Waals surface area contributed by atoms with Crippen molar-refractivity contribution in [1.29, 1.82) is 0 Å². The van der Waals surface area contributed by atoms with Crippen molar-refractivity contribution in [1.82, 2.24) is 0 Å². The Bertz CT molecular complexity index is 777. The molecule has 0 bridgehead atoms. The number of carboxylic acid groups (broad SMARTS) is 1. The van der Waals surface area contributed by atoms with Gasteiger partial charge < -0.3 is 9.84 Å². The number of ketones is 1. The van der Waals surface area contributed by atoms with Gasteiger partial charge >= 0.3 is 11.9 Å². The third-order valence-electron chi connectivity index (χ3n) is 3.31. The molecule has 0 aliphatic rings. The number of hydrogen-bond donors (Lipinski definition) is 1. The highest BCUT2D eigenvalue weighted by atomic mass is 16.5. The van der Waals surface area contributed by atoms with Crippen molar-refractivity contribution in [3.63, 3.8) is 0 Å². The smallest absolute Gasteiger partial charge is 0.334 e. The van der Waals surface area contributed by atoms with Gasteiger partial charge in [0.2, 0.25) is 0 Å². The lowest BCUT2D eigenvalue weighted by Crippen LogP contribution is -2.12. The first-order valence-electron chi connectivity index (χ1n) is 7.23. The van der Waals surface area contributed by atoms with Crippen LogP contribution in [0.4, 0.5) is 0 Å². The molecule has 1 N–H and O–H groups in total. The van der Waals surface area contributed by atoms with E-state index >= 15 is 0 Å². The zero-order valence-electron chi connectivity index (χ0n) is 12.9. The molecule has 2 rings (SSSR count). The molecule has 0 spiro atoms. The number of esters is 1. The van der Waals surface area contributed by atoms with Gasteiger partial charge in [0.25, 0.3) is 0 Å². The lowest BCUT2D eigenvalue weighted by molar-refractivity contribution is -0.143. The van der Waals surface area contributed by atoms with E-state index < -0.39 is 18.4 Å². The second-order valence-electron chi connectivity index (χ2n) is 5.10. The standard InChI is InChI=1S/C19H16O5/c1-13(11-17(20)21)19(23)24-12-15-9-5-6-10-16(15)18(22)14-7-3-2-4-8-14/h2-10H,1,11-12H2,(H,20,21). The van der Waals surface area contributed by atoms with Crippen LogP contribution >= 0.6 is 0 Å². The molecule has 0 atom stereocenters. The molecule has 2 aromatic carbocycles. The molecular formula is C19H16O5. The normalized spacial score (nSPS) is 10.0. The molecule has 0 aliphatic carbocycles. The van der Waals surface area contributed by atoms with E-state index in [1.54, 1.807) is 48.5 Å². The minimum atomic E-state index is -1.16. The fourth-order valence-corrected chi connectivity index (χ4v) is 2.11. The quantitative estimate of drug-likeness (QED) is 0.481. The molecule has 5 nitrogen and oxygen atoms in total. The van der Waals surface area contributed by atoms with E-state index in [1.165, 1.54) is 0 Å². The van der Waals surface area contributed by atoms with Gasteiger partial charge in [0.15, 0.2) is 5.78 Å². The summed E-state index contributed by atoms with van der Waals surface area (Å²) in [5.41, 5.74) is 1.36. The molecule has 24 heavy (non-hydrogen) atoms. The number of hydrogen-bond acceptors (Lipinski definition) is 4. The van der Waals surface area contributed by atoms with Crippen molar-refractivity contribution < 1.29 is 24.2 Å². The van der Waals surface area contributed by atoms with Gasteiger partial charge in [-0.15, -0.1) is 0 Å². The minimum absolute atomic E-state index is 0.133. The van der Waals surface area contributed by atoms with Gasteiger partial charge in [-0.05, 0) is 0 Å². The van der Waals surface area contributed by atoms with Gasteiger partial charge in [0, 0.05) is 22.3 Å². The molecule has 0 unspecified atom stereocenters. The third kappa shape index (κ3) is 4.39. The van der Waals surface area contributed by atoms with Crippen LogP contribution in [-0.4, -0.2) is 22.8 Å². The zero-order chi connectivity index (χ0) is 17.5. The lowest BCUT2D eigenvalue weighted by atomic mass is 9.99. The van der Waals surface area contributed by atoms with Crippen molar-refractivity contribution in [2.45, 2.75) is 13.0 Å². The Kier molecular flexibility index (Phi) is 5.63. The van der Waals surface area contributed by atoms with E-state index in [-0.39, 0.29) is 18.0 Å². The highest BCUT2D eigenvalue weighted by Crippen LogP contribution is 2.16. The minimum Gasteiger partial charge on any atom is -0.481 e. The van der Waals surface area contributed by atoms with Crippen molar-refractivity contribution in [2.75, 3.05) is 0 Å². The Morgan fingerprint density at radius 2 is 1.58 bits per heavy atom. The fourth-order valence-electron chi connectivity index (χ4n) is 2.11. The van der Waals surface area contributed by atoms with Crippen LogP contribution in [0.3, 0.4) is 0 Å². The summed E-state index contributed by atoms with van der Waals surface area (Å²) in [5.74, 6) is -2.12. The maximum Gasteiger partial charge on any atom is 0.334 e. The van der Waals surface area contributed by atoms with E-state index in [1.807, 2.05) is 6.07 Å². The Labute approximate surface area is 139 Å². The van der Waals surface area contributed by atoms with Crippen molar-refractivity contribution >= 4 is 17.7 Å². The summed E-state index contributed by atoms with van der Waals surface area (Å²) < 4.78 is 5.06. The van der Waals surface area contributed by atoms with Crippen LogP contribution < -0.4 is 0 Å². The molecule has 0 heterocycles. The van der Waals surface area contributed by atoms with Crippen LogP contribution in [0.25, 0.3) is 0 Å². The zero-order valence-corrected chi connectivity index (χ0v) is 12.9. The molecule has 0 saturated carbocycles. The predicted octanol–water partition coefficient (Wildman–Crippen LogP) is 2.99. The maximum absolute atomic E-state index is 12.6. The van der Waals surface area contributed by atoms with Crippen LogP contribution in [0.5, 0.6) is 0 Å². The van der Waals surface area contributed by atoms with Crippen LogP contribution in [0.2, 0.25) is 0 Å². The third-order valence-corrected chi connectivity index (χ3v) is 3.31. The number of rotatable bonds is 7. The summed E-state index contributed by atoms with van der Waals surface area (Å²) in [5, 5.41) is 8.65. The van der Waals surface area contributed by atoms with Gasteiger partial charge in [0.05, 0.1) is 6.42 Å². The van der Waals surface area contributed by atoms with Gasteiger partial charge in [0.1, 0.15) is 6.61 Å². The Morgan fingerprint density at radius 1 is 0.958 bits per heavy atom. The van der Waals surface area contributed by atoms with E-state index in [9.17, 15) is 14.4 Å². The highest BCUT2D eigenvalue weighted by molar-refractivity contribution is 6.09. The first-order valence-corrected chi connectivity index (χ1v) is 7.23. The average molecular weight is 324 g/mol. The number of ether oxygens (including phenoxy) is 1. The van der Waals surface area contributed by atoms with Crippen molar-refractivity contribution in [3.05, 3.63) is 83.4 Å². The van der Waals surface area contributed by atoms with E-state index in [4.69, 9.17) is 9.84 Å². The summed E-state index contributed by atoms with van der Waals surface area (Å²) in [4.78, 5) is 34.9. The van der Waals surface area contributed by atoms with Crippen LogP contribution in [0.1, 0.15) is 27.9 Å². The number of carbonyl (C=O) groups is 3. The van der Waals surface area contributed by atoms with Crippen molar-refractivity contribution in [2.24, 2.45) is 0 Å². The molecule has 5 heteroatoms. The molecule has 0 amide bonds. The van der Waals surface area contributed by atoms with E-state index in [2.05, 4.69) is 6.58 Å². The number of aliphatic carboxylic acids is 1. The summed E-state index contributed by atoms with van der Waals surface area (Å²) in [6.45, 7) is 3.26. The SMILES string of the molecule is C=C(CC(=O)O)C(=O)OCc1ccccc1C(=O)c1ccccc1. The average Bonchev–Trinajstić information content (AvgIpc) is 2.59. The molecule has 0 aromatic heterocycles. The summed E-state index contributed by atoms with van der Waals surface area (Å²) in [6, 6.07) is 15.6. The molecule has 0 fully saturated rings. The van der Waals surface area contributed by atoms with E-state index in [0.29, 0.717) is 16.7 Å². The Balaban J connectivity index is 2.12.